The molecule has 1 aliphatic heterocycles. The predicted molar refractivity (Wildman–Crippen MR) is 122 cm³/mol. The van der Waals surface area contributed by atoms with Crippen LogP contribution >= 0.6 is 23.2 Å². The standard InChI is InChI=1S/C23H27Cl2N3O2/c1-2-13-28(16-21(29)26-22-19(24)9-6-10-20(22)25)18-11-14-27(15-12-18)23(30)17-7-4-3-5-8-17/h3-10,18H,2,11-16H2,1H3,(H,26,29). The molecule has 30 heavy (non-hydrogen) atoms. The number of para-hydroxylation sites is 1. The van der Waals surface area contributed by atoms with Gasteiger partial charge >= 0.3 is 0 Å². The molecule has 0 atom stereocenters. The molecule has 2 amide bonds. The number of amides is 2. The van der Waals surface area contributed by atoms with Crippen molar-refractivity contribution in [3.8, 4) is 0 Å². The van der Waals surface area contributed by atoms with Gasteiger partial charge in [0.1, 0.15) is 0 Å². The van der Waals surface area contributed by atoms with Crippen molar-refractivity contribution in [1.29, 1.82) is 0 Å². The quantitative estimate of drug-likeness (QED) is 0.652. The second kappa shape index (κ2) is 10.8. The molecule has 1 heterocycles. The second-order valence-corrected chi connectivity index (χ2v) is 8.32. The van der Waals surface area contributed by atoms with Crippen LogP contribution in [0.25, 0.3) is 0 Å². The number of hydrogen-bond acceptors (Lipinski definition) is 3. The fraction of sp³-hybridized carbons (Fsp3) is 0.391. The van der Waals surface area contributed by atoms with Gasteiger partial charge in [0.05, 0.1) is 22.3 Å². The lowest BCUT2D eigenvalue weighted by atomic mass is 10.0. The first-order valence-electron chi connectivity index (χ1n) is 10.3. The molecule has 0 spiro atoms. The van der Waals surface area contributed by atoms with E-state index >= 15 is 0 Å². The van der Waals surface area contributed by atoms with Crippen LogP contribution in [0.15, 0.2) is 48.5 Å². The molecule has 160 valence electrons. The Morgan fingerprint density at radius 1 is 1.03 bits per heavy atom. The molecule has 1 fully saturated rings. The first-order valence-corrected chi connectivity index (χ1v) is 11.1. The lowest BCUT2D eigenvalue weighted by molar-refractivity contribution is -0.118. The lowest BCUT2D eigenvalue weighted by Gasteiger charge is -2.38. The summed E-state index contributed by atoms with van der Waals surface area (Å²) in [4.78, 5) is 29.4. The van der Waals surface area contributed by atoms with Crippen LogP contribution in [0.1, 0.15) is 36.5 Å². The van der Waals surface area contributed by atoms with Gasteiger partial charge in [-0.3, -0.25) is 14.5 Å². The van der Waals surface area contributed by atoms with Crippen LogP contribution in [0.3, 0.4) is 0 Å². The number of carbonyl (C=O) groups is 2. The Morgan fingerprint density at radius 2 is 1.67 bits per heavy atom. The maximum atomic E-state index is 12.7. The van der Waals surface area contributed by atoms with Gasteiger partial charge < -0.3 is 10.2 Å². The number of hydrogen-bond donors (Lipinski definition) is 1. The van der Waals surface area contributed by atoms with Gasteiger partial charge in [-0.15, -0.1) is 0 Å². The topological polar surface area (TPSA) is 52.7 Å². The van der Waals surface area contributed by atoms with Crippen LogP contribution < -0.4 is 5.32 Å². The Morgan fingerprint density at radius 3 is 2.27 bits per heavy atom. The van der Waals surface area contributed by atoms with E-state index in [1.807, 2.05) is 35.2 Å². The maximum absolute atomic E-state index is 12.7. The number of benzene rings is 2. The number of carbonyl (C=O) groups excluding carboxylic acids is 2. The first-order chi connectivity index (χ1) is 14.5. The highest BCUT2D eigenvalue weighted by molar-refractivity contribution is 6.39. The van der Waals surface area contributed by atoms with Crippen molar-refractivity contribution in [2.24, 2.45) is 0 Å². The van der Waals surface area contributed by atoms with Gasteiger partial charge in [0.2, 0.25) is 5.91 Å². The highest BCUT2D eigenvalue weighted by atomic mass is 35.5. The highest BCUT2D eigenvalue weighted by Crippen LogP contribution is 2.30. The molecule has 1 N–H and O–H groups in total. The number of piperidine rings is 1. The molecular formula is C23H27Cl2N3O2. The zero-order chi connectivity index (χ0) is 21.5. The average Bonchev–Trinajstić information content (AvgIpc) is 2.76. The minimum Gasteiger partial charge on any atom is -0.339 e. The number of halogens is 2. The van der Waals surface area contributed by atoms with Crippen LogP contribution in [0.4, 0.5) is 5.69 Å². The molecule has 7 heteroatoms. The molecule has 2 aromatic carbocycles. The SMILES string of the molecule is CCCN(CC(=O)Nc1c(Cl)cccc1Cl)C1CCN(C(=O)c2ccccc2)CC1. The Labute approximate surface area is 187 Å². The van der Waals surface area contributed by atoms with E-state index in [1.165, 1.54) is 0 Å². The summed E-state index contributed by atoms with van der Waals surface area (Å²) in [6.07, 6.45) is 2.64. The number of rotatable bonds is 7. The molecule has 2 aromatic rings. The summed E-state index contributed by atoms with van der Waals surface area (Å²) in [5.74, 6) is -0.0663. The molecular weight excluding hydrogens is 421 g/mol. The second-order valence-electron chi connectivity index (χ2n) is 7.50. The Balaban J connectivity index is 1.58. The number of nitrogens with one attached hydrogen (secondary N) is 1. The summed E-state index contributed by atoms with van der Waals surface area (Å²) in [5.41, 5.74) is 1.17. The van der Waals surface area contributed by atoms with Gasteiger partial charge in [-0.2, -0.15) is 0 Å². The van der Waals surface area contributed by atoms with Gasteiger partial charge in [0.15, 0.2) is 0 Å². The molecule has 0 aliphatic carbocycles. The summed E-state index contributed by atoms with van der Waals surface area (Å²) in [6.45, 7) is 4.57. The summed E-state index contributed by atoms with van der Waals surface area (Å²) in [5, 5.41) is 3.69. The van der Waals surface area contributed by atoms with Crippen LogP contribution in [0, 0.1) is 0 Å². The zero-order valence-electron chi connectivity index (χ0n) is 17.1. The number of nitrogens with zero attached hydrogens (tertiary/aromatic N) is 2. The molecule has 5 nitrogen and oxygen atoms in total. The minimum atomic E-state index is -0.138. The fourth-order valence-electron chi connectivity index (χ4n) is 3.86. The smallest absolute Gasteiger partial charge is 0.253 e. The minimum absolute atomic E-state index is 0.0715. The van der Waals surface area contributed by atoms with Crippen molar-refractivity contribution in [1.82, 2.24) is 9.80 Å². The van der Waals surface area contributed by atoms with Crippen molar-refractivity contribution in [2.45, 2.75) is 32.2 Å². The van der Waals surface area contributed by atoms with Crippen molar-refractivity contribution >= 4 is 40.7 Å². The van der Waals surface area contributed by atoms with Crippen molar-refractivity contribution < 1.29 is 9.59 Å². The lowest BCUT2D eigenvalue weighted by Crippen LogP contribution is -2.49. The van der Waals surface area contributed by atoms with E-state index in [4.69, 9.17) is 23.2 Å². The zero-order valence-corrected chi connectivity index (χ0v) is 18.6. The predicted octanol–water partition coefficient (Wildman–Crippen LogP) is 4.95. The third-order valence-electron chi connectivity index (χ3n) is 5.37. The monoisotopic (exact) mass is 447 g/mol. The Hall–Kier alpha value is -2.08. The molecule has 0 radical (unpaired) electrons. The van der Waals surface area contributed by atoms with Gasteiger partial charge in [-0.1, -0.05) is 54.4 Å². The fourth-order valence-corrected chi connectivity index (χ4v) is 4.35. The van der Waals surface area contributed by atoms with E-state index in [0.29, 0.717) is 28.8 Å². The van der Waals surface area contributed by atoms with Crippen LogP contribution in [0.5, 0.6) is 0 Å². The largest absolute Gasteiger partial charge is 0.339 e. The van der Waals surface area contributed by atoms with E-state index < -0.39 is 0 Å². The summed E-state index contributed by atoms with van der Waals surface area (Å²) in [6, 6.07) is 14.8. The molecule has 0 saturated carbocycles. The highest BCUT2D eigenvalue weighted by Gasteiger charge is 2.28. The molecule has 1 aliphatic rings. The number of likely N-dealkylation sites (tertiary alicyclic amines) is 1. The Kier molecular flexibility index (Phi) is 8.14. The van der Waals surface area contributed by atoms with E-state index in [9.17, 15) is 9.59 Å². The number of anilines is 1. The van der Waals surface area contributed by atoms with Gasteiger partial charge in [-0.25, -0.2) is 0 Å². The van der Waals surface area contributed by atoms with Crippen molar-refractivity contribution in [3.63, 3.8) is 0 Å². The summed E-state index contributed by atoms with van der Waals surface area (Å²) < 4.78 is 0. The van der Waals surface area contributed by atoms with Gasteiger partial charge in [0, 0.05) is 24.7 Å². The van der Waals surface area contributed by atoms with Gasteiger partial charge in [0.25, 0.3) is 5.91 Å². The molecule has 0 bridgehead atoms. The summed E-state index contributed by atoms with van der Waals surface area (Å²) in [7, 11) is 0. The normalized spacial score (nSPS) is 14.7. The summed E-state index contributed by atoms with van der Waals surface area (Å²) >= 11 is 12.3. The first kappa shape index (κ1) is 22.6. The van der Waals surface area contributed by atoms with Gasteiger partial charge in [-0.05, 0) is 50.1 Å². The third kappa shape index (κ3) is 5.75. The van der Waals surface area contributed by atoms with Crippen molar-refractivity contribution in [3.05, 3.63) is 64.1 Å². The maximum Gasteiger partial charge on any atom is 0.253 e. The van der Waals surface area contributed by atoms with E-state index in [-0.39, 0.29) is 24.4 Å². The van der Waals surface area contributed by atoms with E-state index in [0.717, 1.165) is 31.4 Å². The Bertz CT molecular complexity index is 848. The molecule has 3 rings (SSSR count). The molecule has 1 saturated heterocycles. The van der Waals surface area contributed by atoms with Crippen LogP contribution in [-0.2, 0) is 4.79 Å². The molecule has 0 unspecified atom stereocenters. The van der Waals surface area contributed by atoms with E-state index in [1.54, 1.807) is 18.2 Å². The van der Waals surface area contributed by atoms with E-state index in [2.05, 4.69) is 17.1 Å². The third-order valence-corrected chi connectivity index (χ3v) is 6.00. The van der Waals surface area contributed by atoms with Crippen LogP contribution in [-0.4, -0.2) is 53.8 Å². The molecule has 0 aromatic heterocycles. The average molecular weight is 448 g/mol. The van der Waals surface area contributed by atoms with Crippen molar-refractivity contribution in [2.75, 3.05) is 31.5 Å². The van der Waals surface area contributed by atoms with Crippen LogP contribution in [0.2, 0.25) is 10.0 Å².